The molecule has 1 amide bonds. The van der Waals surface area contributed by atoms with Crippen LogP contribution in [0.15, 0.2) is 42.6 Å². The fourth-order valence-electron chi connectivity index (χ4n) is 1.60. The minimum Gasteiger partial charge on any atom is -0.508 e. The van der Waals surface area contributed by atoms with Gasteiger partial charge in [0.1, 0.15) is 11.4 Å². The Labute approximate surface area is 105 Å². The molecule has 1 aromatic carbocycles. The summed E-state index contributed by atoms with van der Waals surface area (Å²) in [5, 5.41) is 11.9. The highest BCUT2D eigenvalue weighted by molar-refractivity contribution is 5.92. The van der Waals surface area contributed by atoms with E-state index in [2.05, 4.69) is 10.3 Å². The smallest absolute Gasteiger partial charge is 0.269 e. The van der Waals surface area contributed by atoms with E-state index >= 15 is 0 Å². The Morgan fingerprint density at radius 2 is 1.83 bits per heavy atom. The van der Waals surface area contributed by atoms with Gasteiger partial charge in [0, 0.05) is 18.3 Å². The van der Waals surface area contributed by atoms with Crippen molar-refractivity contribution in [3.8, 4) is 16.9 Å². The van der Waals surface area contributed by atoms with Gasteiger partial charge >= 0.3 is 0 Å². The average Bonchev–Trinajstić information content (AvgIpc) is 2.40. The number of carbonyl (C=O) groups is 1. The van der Waals surface area contributed by atoms with Crippen LogP contribution in [0.25, 0.3) is 11.1 Å². The van der Waals surface area contributed by atoms with Crippen LogP contribution in [0.4, 0.5) is 0 Å². The van der Waals surface area contributed by atoms with Gasteiger partial charge in [-0.1, -0.05) is 18.2 Å². The van der Waals surface area contributed by atoms with Gasteiger partial charge in [0.05, 0.1) is 0 Å². The molecule has 0 atom stereocenters. The van der Waals surface area contributed by atoms with Gasteiger partial charge < -0.3 is 10.4 Å². The van der Waals surface area contributed by atoms with Crippen molar-refractivity contribution >= 4 is 5.91 Å². The summed E-state index contributed by atoms with van der Waals surface area (Å²) >= 11 is 0. The number of carbonyl (C=O) groups excluding carboxylic acids is 1. The van der Waals surface area contributed by atoms with E-state index in [1.807, 2.05) is 13.0 Å². The maximum Gasteiger partial charge on any atom is 0.269 e. The topological polar surface area (TPSA) is 62.2 Å². The second kappa shape index (κ2) is 5.31. The zero-order valence-corrected chi connectivity index (χ0v) is 10.1. The maximum atomic E-state index is 11.5. The second-order valence-electron chi connectivity index (χ2n) is 3.84. The first-order valence-corrected chi connectivity index (χ1v) is 5.74. The van der Waals surface area contributed by atoms with Crippen molar-refractivity contribution in [3.63, 3.8) is 0 Å². The molecule has 4 heteroatoms. The van der Waals surface area contributed by atoms with Crippen molar-refractivity contribution in [1.29, 1.82) is 0 Å². The lowest BCUT2D eigenvalue weighted by Crippen LogP contribution is -2.23. The van der Waals surface area contributed by atoms with E-state index in [0.717, 1.165) is 11.1 Å². The number of amides is 1. The number of nitrogens with one attached hydrogen (secondary N) is 1. The fraction of sp³-hybridized carbons (Fsp3) is 0.143. The molecule has 2 aromatic rings. The molecule has 18 heavy (non-hydrogen) atoms. The van der Waals surface area contributed by atoms with E-state index < -0.39 is 0 Å². The van der Waals surface area contributed by atoms with Crippen molar-refractivity contribution in [2.24, 2.45) is 0 Å². The van der Waals surface area contributed by atoms with Crippen LogP contribution in [-0.2, 0) is 0 Å². The van der Waals surface area contributed by atoms with Crippen molar-refractivity contribution in [3.05, 3.63) is 48.3 Å². The number of hydrogen-bond donors (Lipinski definition) is 2. The number of phenolic OH excluding ortho intramolecular Hbond substituents is 1. The summed E-state index contributed by atoms with van der Waals surface area (Å²) in [4.78, 5) is 15.7. The molecular formula is C14H14N2O2. The van der Waals surface area contributed by atoms with Gasteiger partial charge in [0.2, 0.25) is 0 Å². The summed E-state index contributed by atoms with van der Waals surface area (Å²) in [5.74, 6) is 0.0559. The van der Waals surface area contributed by atoms with Gasteiger partial charge in [0.25, 0.3) is 5.91 Å². The molecule has 1 heterocycles. The summed E-state index contributed by atoms with van der Waals surface area (Å²) in [5.41, 5.74) is 2.25. The molecule has 0 fully saturated rings. The van der Waals surface area contributed by atoms with Crippen LogP contribution in [0.2, 0.25) is 0 Å². The Hall–Kier alpha value is -2.36. The number of aromatic hydroxyl groups is 1. The molecule has 0 aliphatic heterocycles. The Morgan fingerprint density at radius 3 is 2.39 bits per heavy atom. The monoisotopic (exact) mass is 242 g/mol. The van der Waals surface area contributed by atoms with Gasteiger partial charge in [-0.2, -0.15) is 0 Å². The predicted molar refractivity (Wildman–Crippen MR) is 69.3 cm³/mol. The summed E-state index contributed by atoms with van der Waals surface area (Å²) < 4.78 is 0. The Balaban J connectivity index is 2.22. The molecule has 0 bridgehead atoms. The molecule has 2 rings (SSSR count). The van der Waals surface area contributed by atoms with Crippen molar-refractivity contribution in [2.75, 3.05) is 6.54 Å². The third-order valence-electron chi connectivity index (χ3n) is 2.53. The highest BCUT2D eigenvalue weighted by Gasteiger charge is 2.05. The molecular weight excluding hydrogens is 228 g/mol. The largest absolute Gasteiger partial charge is 0.508 e. The lowest BCUT2D eigenvalue weighted by atomic mass is 10.1. The van der Waals surface area contributed by atoms with Crippen LogP contribution in [0, 0.1) is 0 Å². The molecule has 0 aliphatic carbocycles. The van der Waals surface area contributed by atoms with Crippen LogP contribution in [-0.4, -0.2) is 22.5 Å². The van der Waals surface area contributed by atoms with E-state index in [4.69, 9.17) is 0 Å². The normalized spacial score (nSPS) is 10.1. The predicted octanol–water partition coefficient (Wildman–Crippen LogP) is 2.20. The number of rotatable bonds is 3. The van der Waals surface area contributed by atoms with Crippen LogP contribution in [0.3, 0.4) is 0 Å². The SMILES string of the molecule is CCNC(=O)c1ccc(-c2ccc(O)cc2)cn1. The molecule has 2 N–H and O–H groups in total. The van der Waals surface area contributed by atoms with E-state index in [1.165, 1.54) is 0 Å². The van der Waals surface area contributed by atoms with Gasteiger partial charge in [-0.3, -0.25) is 9.78 Å². The summed E-state index contributed by atoms with van der Waals surface area (Å²) in [6, 6.07) is 10.4. The summed E-state index contributed by atoms with van der Waals surface area (Å²) in [6.45, 7) is 2.45. The van der Waals surface area contributed by atoms with Crippen LogP contribution in [0.1, 0.15) is 17.4 Å². The second-order valence-corrected chi connectivity index (χ2v) is 3.84. The lowest BCUT2D eigenvalue weighted by molar-refractivity contribution is 0.0951. The van der Waals surface area contributed by atoms with E-state index in [1.54, 1.807) is 36.5 Å². The first kappa shape index (κ1) is 12.1. The molecule has 0 aliphatic rings. The zero-order valence-electron chi connectivity index (χ0n) is 10.1. The minimum absolute atomic E-state index is 0.172. The first-order chi connectivity index (χ1) is 8.70. The third-order valence-corrected chi connectivity index (χ3v) is 2.53. The maximum absolute atomic E-state index is 11.5. The number of pyridine rings is 1. The molecule has 0 unspecified atom stereocenters. The fourth-order valence-corrected chi connectivity index (χ4v) is 1.60. The van der Waals surface area contributed by atoms with E-state index in [9.17, 15) is 9.90 Å². The Morgan fingerprint density at radius 1 is 1.17 bits per heavy atom. The van der Waals surface area contributed by atoms with Gasteiger partial charge in [-0.15, -0.1) is 0 Å². The minimum atomic E-state index is -0.172. The molecule has 0 radical (unpaired) electrons. The van der Waals surface area contributed by atoms with Crippen molar-refractivity contribution in [2.45, 2.75) is 6.92 Å². The zero-order chi connectivity index (χ0) is 13.0. The molecule has 0 spiro atoms. The Bertz CT molecular complexity index is 533. The van der Waals surface area contributed by atoms with E-state index in [0.29, 0.717) is 12.2 Å². The number of hydrogen-bond acceptors (Lipinski definition) is 3. The number of benzene rings is 1. The highest BCUT2D eigenvalue weighted by Crippen LogP contribution is 2.21. The molecule has 92 valence electrons. The molecule has 1 aromatic heterocycles. The number of phenols is 1. The van der Waals surface area contributed by atoms with Gasteiger partial charge in [0.15, 0.2) is 0 Å². The van der Waals surface area contributed by atoms with Crippen molar-refractivity contribution in [1.82, 2.24) is 10.3 Å². The summed E-state index contributed by atoms with van der Waals surface area (Å²) in [7, 11) is 0. The highest BCUT2D eigenvalue weighted by atomic mass is 16.3. The van der Waals surface area contributed by atoms with Crippen LogP contribution in [0.5, 0.6) is 5.75 Å². The molecule has 0 saturated carbocycles. The van der Waals surface area contributed by atoms with Crippen LogP contribution < -0.4 is 5.32 Å². The molecule has 0 saturated heterocycles. The molecule has 4 nitrogen and oxygen atoms in total. The summed E-state index contributed by atoms with van der Waals surface area (Å²) in [6.07, 6.45) is 1.65. The number of aromatic nitrogens is 1. The Kier molecular flexibility index (Phi) is 3.57. The van der Waals surface area contributed by atoms with Gasteiger partial charge in [-0.25, -0.2) is 0 Å². The third kappa shape index (κ3) is 2.66. The average molecular weight is 242 g/mol. The quantitative estimate of drug-likeness (QED) is 0.867. The number of nitrogens with zero attached hydrogens (tertiary/aromatic N) is 1. The van der Waals surface area contributed by atoms with E-state index in [-0.39, 0.29) is 11.7 Å². The van der Waals surface area contributed by atoms with Crippen LogP contribution >= 0.6 is 0 Å². The van der Waals surface area contributed by atoms with Gasteiger partial charge in [-0.05, 0) is 30.7 Å². The standard InChI is InChI=1S/C14H14N2O2/c1-2-15-14(18)13-8-5-11(9-16-13)10-3-6-12(17)7-4-10/h3-9,17H,2H2,1H3,(H,15,18). The van der Waals surface area contributed by atoms with Crippen molar-refractivity contribution < 1.29 is 9.90 Å². The first-order valence-electron chi connectivity index (χ1n) is 5.74. The lowest BCUT2D eigenvalue weighted by Gasteiger charge is -2.04.